The van der Waals surface area contributed by atoms with Crippen molar-refractivity contribution in [2.24, 2.45) is 23.2 Å². The summed E-state index contributed by atoms with van der Waals surface area (Å²) in [7, 11) is 0. The molecule has 4 nitrogen and oxygen atoms in total. The van der Waals surface area contributed by atoms with Crippen LogP contribution in [-0.4, -0.2) is 55.4 Å². The van der Waals surface area contributed by atoms with Crippen molar-refractivity contribution in [1.82, 2.24) is 15.5 Å². The van der Waals surface area contributed by atoms with E-state index in [1.54, 1.807) is 0 Å². The lowest BCUT2D eigenvalue weighted by atomic mass is 9.48. The van der Waals surface area contributed by atoms with Gasteiger partial charge in [0, 0.05) is 32.2 Å². The van der Waals surface area contributed by atoms with Crippen molar-refractivity contribution in [1.29, 1.82) is 0 Å². The zero-order chi connectivity index (χ0) is 16.6. The number of hydrogen-bond donors (Lipinski definition) is 2. The van der Waals surface area contributed by atoms with Crippen molar-refractivity contribution < 1.29 is 4.74 Å². The van der Waals surface area contributed by atoms with Crippen LogP contribution in [0.2, 0.25) is 0 Å². The Balaban J connectivity index is 1.23. The molecule has 0 radical (unpaired) electrons. The summed E-state index contributed by atoms with van der Waals surface area (Å²) in [4.78, 5) is 2.45. The third-order valence-electron chi connectivity index (χ3n) is 7.17. The smallest absolute Gasteiger partial charge is 0.166 e. The number of thiocarbonyl (C=S) groups is 1. The first-order chi connectivity index (χ1) is 11.6. The summed E-state index contributed by atoms with van der Waals surface area (Å²) in [6, 6.07) is 0.509. The lowest BCUT2D eigenvalue weighted by Crippen LogP contribution is -2.57. The van der Waals surface area contributed by atoms with Gasteiger partial charge in [-0.25, -0.2) is 0 Å². The Morgan fingerprint density at radius 2 is 1.71 bits per heavy atom. The quantitative estimate of drug-likeness (QED) is 0.744. The highest BCUT2D eigenvalue weighted by Crippen LogP contribution is 2.61. The average molecular weight is 352 g/mol. The van der Waals surface area contributed by atoms with Gasteiger partial charge in [-0.1, -0.05) is 0 Å². The molecule has 0 aromatic carbocycles. The van der Waals surface area contributed by atoms with E-state index < -0.39 is 0 Å². The normalized spacial score (nSPS) is 39.6. The lowest BCUT2D eigenvalue weighted by Gasteiger charge is -2.59. The Morgan fingerprint density at radius 1 is 1.12 bits per heavy atom. The van der Waals surface area contributed by atoms with Gasteiger partial charge in [0.05, 0.1) is 13.2 Å². The first-order valence-electron chi connectivity index (χ1n) is 9.97. The van der Waals surface area contributed by atoms with Crippen LogP contribution in [0.15, 0.2) is 0 Å². The fraction of sp³-hybridized carbons (Fsp3) is 0.947. The van der Waals surface area contributed by atoms with Gasteiger partial charge in [0.15, 0.2) is 5.11 Å². The number of hydrogen-bond acceptors (Lipinski definition) is 3. The van der Waals surface area contributed by atoms with Crippen LogP contribution in [0.25, 0.3) is 0 Å². The van der Waals surface area contributed by atoms with Crippen molar-refractivity contribution in [3.8, 4) is 0 Å². The molecule has 0 aromatic heterocycles. The second-order valence-electron chi connectivity index (χ2n) is 8.86. The molecule has 4 aliphatic carbocycles. The maximum atomic E-state index is 5.59. The molecule has 136 valence electrons. The Kier molecular flexibility index (Phi) is 5.03. The largest absolute Gasteiger partial charge is 0.379 e. The first-order valence-corrected chi connectivity index (χ1v) is 10.4. The molecule has 24 heavy (non-hydrogen) atoms. The summed E-state index contributed by atoms with van der Waals surface area (Å²) in [5.74, 6) is 3.01. The number of morpholine rings is 1. The van der Waals surface area contributed by atoms with E-state index in [0.717, 1.165) is 62.3 Å². The van der Waals surface area contributed by atoms with Crippen molar-refractivity contribution in [2.75, 3.05) is 39.4 Å². The molecule has 4 saturated carbocycles. The third kappa shape index (κ3) is 3.58. The first kappa shape index (κ1) is 17.0. The van der Waals surface area contributed by atoms with Crippen molar-refractivity contribution in [2.45, 2.75) is 51.5 Å². The summed E-state index contributed by atoms with van der Waals surface area (Å²) in [6.45, 7) is 8.19. The van der Waals surface area contributed by atoms with E-state index in [4.69, 9.17) is 17.0 Å². The fourth-order valence-corrected chi connectivity index (χ4v) is 6.54. The zero-order valence-electron chi connectivity index (χ0n) is 15.1. The van der Waals surface area contributed by atoms with E-state index >= 15 is 0 Å². The Bertz CT molecular complexity index is 428. The van der Waals surface area contributed by atoms with Gasteiger partial charge in [0.25, 0.3) is 0 Å². The van der Waals surface area contributed by atoms with Gasteiger partial charge in [0.1, 0.15) is 0 Å². The maximum Gasteiger partial charge on any atom is 0.166 e. The molecule has 5 fully saturated rings. The van der Waals surface area contributed by atoms with E-state index in [2.05, 4.69) is 22.5 Å². The van der Waals surface area contributed by atoms with Crippen LogP contribution in [0.1, 0.15) is 45.4 Å². The summed E-state index contributed by atoms with van der Waals surface area (Å²) >= 11 is 5.59. The molecular formula is C19H33N3OS. The molecule has 5 heteroatoms. The minimum Gasteiger partial charge on any atom is -0.379 e. The molecule has 1 heterocycles. The lowest BCUT2D eigenvalue weighted by molar-refractivity contribution is -0.0672. The maximum absolute atomic E-state index is 5.59. The highest BCUT2D eigenvalue weighted by atomic mass is 32.1. The third-order valence-corrected chi connectivity index (χ3v) is 7.43. The number of nitrogens with zero attached hydrogens (tertiary/aromatic N) is 1. The number of nitrogens with one attached hydrogen (secondary N) is 2. The molecular weight excluding hydrogens is 318 g/mol. The van der Waals surface area contributed by atoms with E-state index in [-0.39, 0.29) is 0 Å². The molecule has 2 N–H and O–H groups in total. The Morgan fingerprint density at radius 3 is 2.29 bits per heavy atom. The zero-order valence-corrected chi connectivity index (χ0v) is 15.9. The van der Waals surface area contributed by atoms with Crippen LogP contribution in [0.5, 0.6) is 0 Å². The molecule has 0 spiro atoms. The minimum atomic E-state index is 0.509. The molecule has 5 aliphatic rings. The summed E-state index contributed by atoms with van der Waals surface area (Å²) < 4.78 is 5.40. The van der Waals surface area contributed by atoms with Crippen LogP contribution in [-0.2, 0) is 4.74 Å². The van der Waals surface area contributed by atoms with Gasteiger partial charge in [-0.05, 0) is 80.8 Å². The highest BCUT2D eigenvalue weighted by molar-refractivity contribution is 7.80. The van der Waals surface area contributed by atoms with E-state index in [0.29, 0.717) is 11.5 Å². The summed E-state index contributed by atoms with van der Waals surface area (Å²) in [5.41, 5.74) is 0.519. The predicted octanol–water partition coefficient (Wildman–Crippen LogP) is 2.39. The molecule has 0 amide bonds. The van der Waals surface area contributed by atoms with E-state index in [1.165, 1.54) is 38.5 Å². The standard InChI is InChI=1S/C19H33N3OS/c1-14(19-11-15-8-16(12-19)10-17(9-15)13-19)21-18(24)20-2-3-22-4-6-23-7-5-22/h14-17H,2-13H2,1H3,(H2,20,21,24)/t14-,15?,16?,17?,19?/m1/s1. The number of ether oxygens (including phenoxy) is 1. The monoisotopic (exact) mass is 351 g/mol. The molecule has 0 unspecified atom stereocenters. The van der Waals surface area contributed by atoms with Gasteiger partial charge >= 0.3 is 0 Å². The van der Waals surface area contributed by atoms with Crippen LogP contribution in [0.3, 0.4) is 0 Å². The van der Waals surface area contributed by atoms with Crippen molar-refractivity contribution >= 4 is 17.3 Å². The average Bonchev–Trinajstić information content (AvgIpc) is 2.54. The van der Waals surface area contributed by atoms with Crippen LogP contribution >= 0.6 is 12.2 Å². The predicted molar refractivity (Wildman–Crippen MR) is 101 cm³/mol. The van der Waals surface area contributed by atoms with Gasteiger partial charge < -0.3 is 15.4 Å². The van der Waals surface area contributed by atoms with Crippen LogP contribution in [0, 0.1) is 23.2 Å². The highest BCUT2D eigenvalue weighted by Gasteiger charge is 2.53. The summed E-state index contributed by atoms with van der Waals surface area (Å²) in [5, 5.41) is 7.94. The van der Waals surface area contributed by atoms with Gasteiger partial charge in [-0.2, -0.15) is 0 Å². The molecule has 4 bridgehead atoms. The molecule has 1 aliphatic heterocycles. The molecule has 5 rings (SSSR count). The summed E-state index contributed by atoms with van der Waals surface area (Å²) in [6.07, 6.45) is 8.83. The van der Waals surface area contributed by atoms with Gasteiger partial charge in [0.2, 0.25) is 0 Å². The van der Waals surface area contributed by atoms with Gasteiger partial charge in [-0.3, -0.25) is 4.90 Å². The molecule has 1 saturated heterocycles. The topological polar surface area (TPSA) is 36.5 Å². The molecule has 1 atom stereocenters. The second kappa shape index (κ2) is 7.08. The molecule has 0 aromatic rings. The fourth-order valence-electron chi connectivity index (χ4n) is 6.26. The van der Waals surface area contributed by atoms with E-state index in [1.807, 2.05) is 0 Å². The van der Waals surface area contributed by atoms with Crippen molar-refractivity contribution in [3.63, 3.8) is 0 Å². The van der Waals surface area contributed by atoms with E-state index in [9.17, 15) is 0 Å². The van der Waals surface area contributed by atoms with Gasteiger partial charge in [-0.15, -0.1) is 0 Å². The SMILES string of the molecule is C[C@@H](NC(=S)NCCN1CCOCC1)C12CC3CC(CC(C3)C1)C2. The van der Waals surface area contributed by atoms with Crippen LogP contribution < -0.4 is 10.6 Å². The Hall–Kier alpha value is -0.390. The van der Waals surface area contributed by atoms with Crippen molar-refractivity contribution in [3.05, 3.63) is 0 Å². The minimum absolute atomic E-state index is 0.509. The Labute approximate surface area is 152 Å². The van der Waals surface area contributed by atoms with Crippen LogP contribution in [0.4, 0.5) is 0 Å². The second-order valence-corrected chi connectivity index (χ2v) is 9.26. The number of rotatable bonds is 5.